The summed E-state index contributed by atoms with van der Waals surface area (Å²) in [6, 6.07) is 0. The minimum Gasteiger partial charge on any atom is -0.372 e. The first kappa shape index (κ1) is 11.0. The van der Waals surface area contributed by atoms with Gasteiger partial charge in [-0.15, -0.1) is 0 Å². The van der Waals surface area contributed by atoms with E-state index in [1.165, 1.54) is 0 Å². The van der Waals surface area contributed by atoms with Gasteiger partial charge in [-0.2, -0.15) is 0 Å². The maximum atomic E-state index is 9.48. The van der Waals surface area contributed by atoms with E-state index in [4.69, 9.17) is 9.47 Å². The lowest BCUT2D eigenvalue weighted by Crippen LogP contribution is -2.35. The molecule has 0 aliphatic carbocycles. The molecule has 0 radical (unpaired) electrons. The van der Waals surface area contributed by atoms with Crippen molar-refractivity contribution < 1.29 is 14.6 Å². The molecule has 1 saturated heterocycles. The second-order valence-electron chi connectivity index (χ2n) is 4.34. The van der Waals surface area contributed by atoms with Crippen LogP contribution in [0.15, 0.2) is 0 Å². The fourth-order valence-corrected chi connectivity index (χ4v) is 1.52. The Kier molecular flexibility index (Phi) is 3.71. The smallest absolute Gasteiger partial charge is 0.181 e. The molecule has 13 heavy (non-hydrogen) atoms. The number of unbranched alkanes of at least 4 members (excludes halogenated alkanes) is 1. The van der Waals surface area contributed by atoms with Crippen LogP contribution in [0, 0.1) is 5.41 Å². The van der Waals surface area contributed by atoms with E-state index in [-0.39, 0.29) is 11.5 Å². The Labute approximate surface area is 80.0 Å². The summed E-state index contributed by atoms with van der Waals surface area (Å²) >= 11 is 0. The van der Waals surface area contributed by atoms with Gasteiger partial charge in [0.1, 0.15) is 6.10 Å². The number of ether oxygens (including phenoxy) is 2. The molecule has 3 nitrogen and oxygen atoms in total. The predicted octanol–water partition coefficient (Wildman–Crippen LogP) is 1.55. The molecular formula is C10H20O3. The Balaban J connectivity index is 2.37. The third-order valence-corrected chi connectivity index (χ3v) is 2.45. The molecule has 1 aliphatic heterocycles. The van der Waals surface area contributed by atoms with Crippen molar-refractivity contribution in [2.75, 3.05) is 13.2 Å². The first-order valence-corrected chi connectivity index (χ1v) is 4.99. The van der Waals surface area contributed by atoms with Crippen LogP contribution < -0.4 is 0 Å². The van der Waals surface area contributed by atoms with Crippen molar-refractivity contribution in [1.29, 1.82) is 0 Å². The van der Waals surface area contributed by atoms with Crippen molar-refractivity contribution in [2.45, 2.75) is 46.0 Å². The number of aliphatic hydroxyl groups is 1. The molecule has 1 unspecified atom stereocenters. The first-order valence-electron chi connectivity index (χ1n) is 4.99. The molecule has 0 aromatic rings. The summed E-state index contributed by atoms with van der Waals surface area (Å²) in [6.07, 6.45) is 1.24. The summed E-state index contributed by atoms with van der Waals surface area (Å²) < 4.78 is 10.7. The zero-order valence-electron chi connectivity index (χ0n) is 8.75. The quantitative estimate of drug-likeness (QED) is 0.680. The van der Waals surface area contributed by atoms with E-state index in [0.29, 0.717) is 13.2 Å². The van der Waals surface area contributed by atoms with Crippen molar-refractivity contribution in [3.8, 4) is 0 Å². The monoisotopic (exact) mass is 188 g/mol. The van der Waals surface area contributed by atoms with Crippen molar-refractivity contribution in [3.05, 3.63) is 0 Å². The predicted molar refractivity (Wildman–Crippen MR) is 50.4 cm³/mol. The topological polar surface area (TPSA) is 38.7 Å². The highest BCUT2D eigenvalue weighted by Crippen LogP contribution is 2.33. The minimum atomic E-state index is -0.744. The summed E-state index contributed by atoms with van der Waals surface area (Å²) in [5.41, 5.74) is -0.0623. The van der Waals surface area contributed by atoms with Gasteiger partial charge in [0.15, 0.2) is 6.29 Å². The van der Waals surface area contributed by atoms with E-state index >= 15 is 0 Å². The molecule has 3 heteroatoms. The largest absolute Gasteiger partial charge is 0.372 e. The molecule has 78 valence electrons. The molecule has 0 bridgehead atoms. The van der Waals surface area contributed by atoms with Crippen molar-refractivity contribution >= 4 is 0 Å². The van der Waals surface area contributed by atoms with Crippen molar-refractivity contribution in [2.24, 2.45) is 5.41 Å². The van der Waals surface area contributed by atoms with Gasteiger partial charge in [-0.1, -0.05) is 27.2 Å². The lowest BCUT2D eigenvalue weighted by molar-refractivity contribution is -0.134. The molecule has 0 aromatic carbocycles. The van der Waals surface area contributed by atoms with Gasteiger partial charge in [0.2, 0.25) is 0 Å². The van der Waals surface area contributed by atoms with Gasteiger partial charge < -0.3 is 14.6 Å². The molecule has 1 rings (SSSR count). The van der Waals surface area contributed by atoms with E-state index < -0.39 is 6.29 Å². The highest BCUT2D eigenvalue weighted by molar-refractivity contribution is 4.86. The van der Waals surface area contributed by atoms with E-state index in [9.17, 15) is 5.11 Å². The Bertz CT molecular complexity index is 156. The molecular weight excluding hydrogens is 168 g/mol. The second kappa shape index (κ2) is 4.40. The Morgan fingerprint density at radius 3 is 2.69 bits per heavy atom. The SMILES string of the molecule is CCCCO[C@H]1C(O)OCC1(C)C. The summed E-state index contributed by atoms with van der Waals surface area (Å²) in [6.45, 7) is 7.52. The second-order valence-corrected chi connectivity index (χ2v) is 4.34. The van der Waals surface area contributed by atoms with Gasteiger partial charge in [0, 0.05) is 12.0 Å². The van der Waals surface area contributed by atoms with Gasteiger partial charge in [-0.25, -0.2) is 0 Å². The van der Waals surface area contributed by atoms with Crippen molar-refractivity contribution in [3.63, 3.8) is 0 Å². The van der Waals surface area contributed by atoms with Crippen LogP contribution in [0.3, 0.4) is 0 Å². The molecule has 0 aromatic heterocycles. The molecule has 1 fully saturated rings. The van der Waals surface area contributed by atoms with Crippen LogP contribution >= 0.6 is 0 Å². The maximum absolute atomic E-state index is 9.48. The van der Waals surface area contributed by atoms with Crippen LogP contribution in [0.1, 0.15) is 33.6 Å². The number of aliphatic hydroxyl groups excluding tert-OH is 1. The molecule has 1 heterocycles. The van der Waals surface area contributed by atoms with Gasteiger partial charge in [-0.3, -0.25) is 0 Å². The molecule has 2 atom stereocenters. The van der Waals surface area contributed by atoms with Gasteiger partial charge >= 0.3 is 0 Å². The summed E-state index contributed by atoms with van der Waals surface area (Å²) in [4.78, 5) is 0. The maximum Gasteiger partial charge on any atom is 0.181 e. The van der Waals surface area contributed by atoms with Gasteiger partial charge in [0.25, 0.3) is 0 Å². The van der Waals surface area contributed by atoms with E-state index in [2.05, 4.69) is 20.8 Å². The van der Waals surface area contributed by atoms with Crippen LogP contribution in [0.5, 0.6) is 0 Å². The highest BCUT2D eigenvalue weighted by atomic mass is 16.6. The Morgan fingerprint density at radius 2 is 2.23 bits per heavy atom. The summed E-state index contributed by atoms with van der Waals surface area (Å²) in [5, 5.41) is 9.48. The first-order chi connectivity index (χ1) is 6.08. The average Bonchev–Trinajstić information content (AvgIpc) is 2.31. The summed E-state index contributed by atoms with van der Waals surface area (Å²) in [5.74, 6) is 0. The van der Waals surface area contributed by atoms with Crippen LogP contribution in [0.25, 0.3) is 0 Å². The normalized spacial score (nSPS) is 32.3. The van der Waals surface area contributed by atoms with Crippen LogP contribution in [-0.2, 0) is 9.47 Å². The fourth-order valence-electron chi connectivity index (χ4n) is 1.52. The number of hydrogen-bond acceptors (Lipinski definition) is 3. The fraction of sp³-hybridized carbons (Fsp3) is 1.00. The Morgan fingerprint density at radius 1 is 1.54 bits per heavy atom. The van der Waals surface area contributed by atoms with Gasteiger partial charge in [0.05, 0.1) is 6.61 Å². The van der Waals surface area contributed by atoms with Crippen molar-refractivity contribution in [1.82, 2.24) is 0 Å². The lowest BCUT2D eigenvalue weighted by Gasteiger charge is -2.25. The van der Waals surface area contributed by atoms with E-state index in [0.717, 1.165) is 12.8 Å². The van der Waals surface area contributed by atoms with Crippen LogP contribution in [0.2, 0.25) is 0 Å². The molecule has 1 N–H and O–H groups in total. The zero-order valence-corrected chi connectivity index (χ0v) is 8.75. The molecule has 1 aliphatic rings. The third kappa shape index (κ3) is 2.66. The number of rotatable bonds is 4. The molecule has 0 amide bonds. The average molecular weight is 188 g/mol. The standard InChI is InChI=1S/C10H20O3/c1-4-5-6-12-8-9(11)13-7-10(8,2)3/h8-9,11H,4-7H2,1-3H3/t8-,9?/m0/s1. The Hall–Kier alpha value is -0.120. The van der Waals surface area contributed by atoms with E-state index in [1.54, 1.807) is 0 Å². The number of hydrogen-bond donors (Lipinski definition) is 1. The van der Waals surface area contributed by atoms with Crippen LogP contribution in [0.4, 0.5) is 0 Å². The molecule has 0 spiro atoms. The van der Waals surface area contributed by atoms with E-state index in [1.807, 2.05) is 0 Å². The van der Waals surface area contributed by atoms with Gasteiger partial charge in [-0.05, 0) is 6.42 Å². The zero-order chi connectivity index (χ0) is 9.90. The van der Waals surface area contributed by atoms with Crippen LogP contribution in [-0.4, -0.2) is 30.7 Å². The minimum absolute atomic E-state index is 0.0623. The summed E-state index contributed by atoms with van der Waals surface area (Å²) in [7, 11) is 0. The lowest BCUT2D eigenvalue weighted by atomic mass is 9.89. The third-order valence-electron chi connectivity index (χ3n) is 2.45. The highest BCUT2D eigenvalue weighted by Gasteiger charge is 2.43. The molecule has 0 saturated carbocycles.